The van der Waals surface area contributed by atoms with E-state index in [1.54, 1.807) is 30.3 Å². The summed E-state index contributed by atoms with van der Waals surface area (Å²) in [5.74, 6) is 1.09. The maximum atomic E-state index is 12.8. The van der Waals surface area contributed by atoms with E-state index in [9.17, 15) is 4.79 Å². The summed E-state index contributed by atoms with van der Waals surface area (Å²) in [6.45, 7) is 2.51. The summed E-state index contributed by atoms with van der Waals surface area (Å²) in [5.41, 5.74) is 0.483. The molecule has 1 aliphatic heterocycles. The summed E-state index contributed by atoms with van der Waals surface area (Å²) >= 11 is 0. The van der Waals surface area contributed by atoms with Gasteiger partial charge < -0.3 is 19.7 Å². The van der Waals surface area contributed by atoms with Crippen molar-refractivity contribution in [2.24, 2.45) is 0 Å². The molecule has 0 aliphatic carbocycles. The fourth-order valence-electron chi connectivity index (χ4n) is 2.56. The van der Waals surface area contributed by atoms with E-state index in [2.05, 4.69) is 25.5 Å². The van der Waals surface area contributed by atoms with Crippen LogP contribution in [0.5, 0.6) is 0 Å². The second-order valence-electron chi connectivity index (χ2n) is 5.44. The predicted octanol–water partition coefficient (Wildman–Crippen LogP) is 0.539. The molecular weight excluding hydrogens is 324 g/mol. The Kier molecular flexibility index (Phi) is 5.81. The Morgan fingerprint density at radius 1 is 1.40 bits per heavy atom. The van der Waals surface area contributed by atoms with Crippen LogP contribution >= 0.6 is 0 Å². The van der Waals surface area contributed by atoms with Crippen LogP contribution in [0.1, 0.15) is 22.2 Å². The average Bonchev–Trinajstić information content (AvgIpc) is 2.68. The predicted molar refractivity (Wildman–Crippen MR) is 89.0 cm³/mol. The molecule has 0 aromatic carbocycles. The highest BCUT2D eigenvalue weighted by Gasteiger charge is 2.31. The molecule has 0 unspecified atom stereocenters. The summed E-state index contributed by atoms with van der Waals surface area (Å²) in [6, 6.07) is 3.08. The number of rotatable bonds is 6. The molecule has 9 nitrogen and oxygen atoms in total. The van der Waals surface area contributed by atoms with Crippen LogP contribution in [0, 0.1) is 0 Å². The van der Waals surface area contributed by atoms with E-state index in [-0.39, 0.29) is 11.9 Å². The first kappa shape index (κ1) is 17.2. The number of nitrogens with zero attached hydrogens (tertiary/aromatic N) is 5. The van der Waals surface area contributed by atoms with Crippen LogP contribution in [-0.2, 0) is 9.47 Å². The van der Waals surface area contributed by atoms with Gasteiger partial charge in [-0.25, -0.2) is 9.97 Å². The molecule has 1 fully saturated rings. The highest BCUT2D eigenvalue weighted by atomic mass is 16.5. The van der Waals surface area contributed by atoms with Crippen molar-refractivity contribution in [2.45, 2.75) is 6.04 Å². The lowest BCUT2D eigenvalue weighted by molar-refractivity contribution is -0.00522. The molecule has 2 aromatic rings. The summed E-state index contributed by atoms with van der Waals surface area (Å²) in [7, 11) is 1.64. The van der Waals surface area contributed by atoms with Gasteiger partial charge in [0.2, 0.25) is 0 Å². The number of aromatic nitrogens is 4. The number of morpholine rings is 1. The van der Waals surface area contributed by atoms with Crippen LogP contribution in [0.2, 0.25) is 0 Å². The molecule has 0 bridgehead atoms. The van der Waals surface area contributed by atoms with Crippen molar-refractivity contribution < 1.29 is 14.3 Å². The Balaban J connectivity index is 1.79. The van der Waals surface area contributed by atoms with Crippen LogP contribution in [-0.4, -0.2) is 71.0 Å². The van der Waals surface area contributed by atoms with Crippen molar-refractivity contribution in [3.05, 3.63) is 42.1 Å². The van der Waals surface area contributed by atoms with E-state index in [0.29, 0.717) is 50.1 Å². The molecule has 1 saturated heterocycles. The molecule has 0 radical (unpaired) electrons. The molecule has 3 rings (SSSR count). The summed E-state index contributed by atoms with van der Waals surface area (Å²) in [6.07, 6.45) is 4.63. The number of methoxy groups -OCH3 is 1. The van der Waals surface area contributed by atoms with E-state index in [1.165, 1.54) is 12.4 Å². The molecule has 25 heavy (non-hydrogen) atoms. The van der Waals surface area contributed by atoms with Crippen LogP contribution in [0.4, 0.5) is 5.82 Å². The lowest BCUT2D eigenvalue weighted by Gasteiger charge is -2.34. The number of carbonyl (C=O) groups is 1. The molecule has 2 aromatic heterocycles. The minimum absolute atomic E-state index is 0.135. The molecule has 1 atom stereocenters. The van der Waals surface area contributed by atoms with Crippen molar-refractivity contribution in [3.63, 3.8) is 0 Å². The number of hydrogen-bond acceptors (Lipinski definition) is 8. The van der Waals surface area contributed by atoms with Crippen molar-refractivity contribution in [1.29, 1.82) is 0 Å². The van der Waals surface area contributed by atoms with E-state index < -0.39 is 0 Å². The maximum Gasteiger partial charge on any atom is 0.256 e. The van der Waals surface area contributed by atoms with E-state index >= 15 is 0 Å². The lowest BCUT2D eigenvalue weighted by Crippen LogP contribution is -2.44. The molecule has 9 heteroatoms. The fraction of sp³-hybridized carbons (Fsp3) is 0.438. The van der Waals surface area contributed by atoms with Gasteiger partial charge in [-0.2, -0.15) is 10.2 Å². The lowest BCUT2D eigenvalue weighted by atomic mass is 10.1. The van der Waals surface area contributed by atoms with E-state index in [0.717, 1.165) is 0 Å². The van der Waals surface area contributed by atoms with Crippen molar-refractivity contribution >= 4 is 11.7 Å². The van der Waals surface area contributed by atoms with E-state index in [1.807, 2.05) is 0 Å². The Labute approximate surface area is 145 Å². The first-order chi connectivity index (χ1) is 12.3. The third-order valence-electron chi connectivity index (χ3n) is 3.81. The van der Waals surface area contributed by atoms with Gasteiger partial charge in [0.05, 0.1) is 37.8 Å². The van der Waals surface area contributed by atoms with Gasteiger partial charge in [-0.15, -0.1) is 0 Å². The second kappa shape index (κ2) is 8.45. The molecule has 0 spiro atoms. The van der Waals surface area contributed by atoms with Crippen LogP contribution in [0.25, 0.3) is 0 Å². The van der Waals surface area contributed by atoms with Crippen LogP contribution < -0.4 is 5.32 Å². The average molecular weight is 344 g/mol. The minimum atomic E-state index is -0.349. The summed E-state index contributed by atoms with van der Waals surface area (Å²) in [4.78, 5) is 23.4. The smallest absolute Gasteiger partial charge is 0.256 e. The zero-order chi connectivity index (χ0) is 17.5. The Morgan fingerprint density at radius 3 is 3.12 bits per heavy atom. The van der Waals surface area contributed by atoms with Crippen molar-refractivity contribution in [1.82, 2.24) is 25.1 Å². The third-order valence-corrected chi connectivity index (χ3v) is 3.81. The Bertz CT molecular complexity index is 699. The topological polar surface area (TPSA) is 102 Å². The molecule has 3 heterocycles. The molecule has 1 amide bonds. The first-order valence-electron chi connectivity index (χ1n) is 8.01. The Morgan fingerprint density at radius 2 is 2.32 bits per heavy atom. The molecule has 132 valence electrons. The zero-order valence-corrected chi connectivity index (χ0v) is 14.0. The van der Waals surface area contributed by atoms with Gasteiger partial charge >= 0.3 is 0 Å². The summed E-state index contributed by atoms with van der Waals surface area (Å²) < 4.78 is 10.6. The van der Waals surface area contributed by atoms with Crippen molar-refractivity contribution in [3.8, 4) is 0 Å². The molecule has 1 aliphatic rings. The second-order valence-corrected chi connectivity index (χ2v) is 5.44. The number of ether oxygens (including phenoxy) is 2. The van der Waals surface area contributed by atoms with Gasteiger partial charge in [-0.1, -0.05) is 0 Å². The number of carbonyl (C=O) groups excluding carboxylic acids is 1. The molecular formula is C16H20N6O3. The fourth-order valence-corrected chi connectivity index (χ4v) is 2.56. The van der Waals surface area contributed by atoms with Crippen molar-refractivity contribution in [2.75, 3.05) is 45.3 Å². The SMILES string of the molecule is COCCNc1ccnc([C@@H]2COCCN2C(=O)c2ccnnc2)n1. The number of nitrogens with one attached hydrogen (secondary N) is 1. The highest BCUT2D eigenvalue weighted by Crippen LogP contribution is 2.24. The highest BCUT2D eigenvalue weighted by molar-refractivity contribution is 5.94. The van der Waals surface area contributed by atoms with Gasteiger partial charge in [0.1, 0.15) is 11.9 Å². The normalized spacial score (nSPS) is 17.3. The number of amides is 1. The van der Waals surface area contributed by atoms with Crippen LogP contribution in [0.15, 0.2) is 30.7 Å². The quantitative estimate of drug-likeness (QED) is 0.758. The van der Waals surface area contributed by atoms with Gasteiger partial charge in [-0.3, -0.25) is 4.79 Å². The number of hydrogen-bond donors (Lipinski definition) is 1. The largest absolute Gasteiger partial charge is 0.383 e. The minimum Gasteiger partial charge on any atom is -0.383 e. The monoisotopic (exact) mass is 344 g/mol. The Hall–Kier alpha value is -2.65. The molecule has 1 N–H and O–H groups in total. The van der Waals surface area contributed by atoms with Gasteiger partial charge in [0, 0.05) is 26.4 Å². The van der Waals surface area contributed by atoms with Gasteiger partial charge in [-0.05, 0) is 12.1 Å². The van der Waals surface area contributed by atoms with E-state index in [4.69, 9.17) is 9.47 Å². The molecule has 0 saturated carbocycles. The standard InChI is InChI=1S/C16H20N6O3/c1-24-8-6-17-14-3-4-18-15(21-14)13-11-25-9-7-22(13)16(23)12-2-5-19-20-10-12/h2-5,10,13H,6-9,11H2,1H3,(H,17,18,21)/t13-/m0/s1. The first-order valence-corrected chi connectivity index (χ1v) is 8.01. The van der Waals surface area contributed by atoms with Gasteiger partial charge in [0.25, 0.3) is 5.91 Å². The number of anilines is 1. The third kappa shape index (κ3) is 4.25. The summed E-state index contributed by atoms with van der Waals surface area (Å²) in [5, 5.41) is 10.6. The van der Waals surface area contributed by atoms with Gasteiger partial charge in [0.15, 0.2) is 5.82 Å². The maximum absolute atomic E-state index is 12.8. The van der Waals surface area contributed by atoms with Crippen LogP contribution in [0.3, 0.4) is 0 Å². The zero-order valence-electron chi connectivity index (χ0n) is 14.0.